The molecular formula is C17H17N3O. The van der Waals surface area contributed by atoms with Crippen molar-refractivity contribution in [2.45, 2.75) is 19.3 Å². The molecule has 106 valence electrons. The lowest BCUT2D eigenvalue weighted by Crippen LogP contribution is -2.13. The van der Waals surface area contributed by atoms with E-state index < -0.39 is 0 Å². The highest BCUT2D eigenvalue weighted by molar-refractivity contribution is 6.27. The highest BCUT2D eigenvalue weighted by Gasteiger charge is 2.21. The second-order valence-corrected chi connectivity index (χ2v) is 5.02. The van der Waals surface area contributed by atoms with Gasteiger partial charge in [0.05, 0.1) is 11.3 Å². The number of hydrogen-bond donors (Lipinski definition) is 2. The molecule has 1 aromatic heterocycles. The smallest absolute Gasteiger partial charge is 0.273 e. The number of carbonyl (C=O) groups is 1. The van der Waals surface area contributed by atoms with Crippen molar-refractivity contribution in [2.24, 2.45) is 5.10 Å². The van der Waals surface area contributed by atoms with Crippen LogP contribution in [0.1, 0.15) is 24.1 Å². The maximum absolute atomic E-state index is 11.8. The molecular weight excluding hydrogens is 262 g/mol. The standard InChI is InChI=1S/C17H17N3O/c21-17-15(12-14-9-5-11-18-14)16(19-20-17)10-4-8-13-6-2-1-3-7-13/h1-3,5-7,9,11-12,18H,4,8,10H2,(H,20,21). The number of aryl methyl sites for hydroxylation is 1. The topological polar surface area (TPSA) is 57.2 Å². The number of benzene rings is 1. The van der Waals surface area contributed by atoms with Gasteiger partial charge < -0.3 is 4.98 Å². The van der Waals surface area contributed by atoms with Crippen molar-refractivity contribution < 1.29 is 4.79 Å². The van der Waals surface area contributed by atoms with Crippen LogP contribution in [0, 0.1) is 0 Å². The molecule has 2 N–H and O–H groups in total. The third kappa shape index (κ3) is 3.28. The Kier molecular flexibility index (Phi) is 3.96. The molecule has 2 heterocycles. The number of hydrogen-bond acceptors (Lipinski definition) is 2. The molecule has 0 fully saturated rings. The summed E-state index contributed by atoms with van der Waals surface area (Å²) in [6.07, 6.45) is 6.44. The van der Waals surface area contributed by atoms with Gasteiger partial charge in [-0.05, 0) is 43.0 Å². The molecule has 0 atom stereocenters. The SMILES string of the molecule is O=C1NN=C(CCCc2ccccc2)C1=Cc1ccc[nH]1. The number of nitrogens with zero attached hydrogens (tertiary/aromatic N) is 1. The molecule has 3 rings (SSSR count). The molecule has 0 aliphatic carbocycles. The molecule has 0 saturated heterocycles. The summed E-state index contributed by atoms with van der Waals surface area (Å²) in [6, 6.07) is 14.2. The summed E-state index contributed by atoms with van der Waals surface area (Å²) in [6.45, 7) is 0. The fraction of sp³-hybridized carbons (Fsp3) is 0.176. The molecule has 0 saturated carbocycles. The van der Waals surface area contributed by atoms with E-state index in [1.165, 1.54) is 5.56 Å². The van der Waals surface area contributed by atoms with E-state index in [0.717, 1.165) is 30.7 Å². The summed E-state index contributed by atoms with van der Waals surface area (Å²) in [5.41, 5.74) is 6.27. The number of carbonyl (C=O) groups excluding carboxylic acids is 1. The molecule has 4 heteroatoms. The zero-order valence-corrected chi connectivity index (χ0v) is 11.7. The second kappa shape index (κ2) is 6.22. The number of rotatable bonds is 5. The highest BCUT2D eigenvalue weighted by atomic mass is 16.2. The Morgan fingerprint density at radius 2 is 1.90 bits per heavy atom. The average Bonchev–Trinajstić information content (AvgIpc) is 3.13. The van der Waals surface area contributed by atoms with Gasteiger partial charge in [0.15, 0.2) is 0 Å². The molecule has 1 aromatic carbocycles. The van der Waals surface area contributed by atoms with Crippen molar-refractivity contribution in [1.29, 1.82) is 0 Å². The van der Waals surface area contributed by atoms with Gasteiger partial charge in [-0.1, -0.05) is 30.3 Å². The third-order valence-electron chi connectivity index (χ3n) is 3.49. The molecule has 2 aromatic rings. The van der Waals surface area contributed by atoms with Gasteiger partial charge in [0, 0.05) is 11.9 Å². The van der Waals surface area contributed by atoms with Gasteiger partial charge in [0.1, 0.15) is 0 Å². The first-order chi connectivity index (χ1) is 10.3. The minimum atomic E-state index is -0.126. The van der Waals surface area contributed by atoms with Crippen LogP contribution in [0.15, 0.2) is 59.3 Å². The summed E-state index contributed by atoms with van der Waals surface area (Å²) < 4.78 is 0. The molecule has 1 aliphatic rings. The quantitative estimate of drug-likeness (QED) is 0.812. The molecule has 1 amide bonds. The Hall–Kier alpha value is -2.62. The molecule has 4 nitrogen and oxygen atoms in total. The van der Waals surface area contributed by atoms with Crippen LogP contribution >= 0.6 is 0 Å². The monoisotopic (exact) mass is 279 g/mol. The number of hydrazone groups is 1. The van der Waals surface area contributed by atoms with Crippen LogP contribution in [-0.2, 0) is 11.2 Å². The van der Waals surface area contributed by atoms with Crippen molar-refractivity contribution in [2.75, 3.05) is 0 Å². The summed E-state index contributed by atoms with van der Waals surface area (Å²) >= 11 is 0. The summed E-state index contributed by atoms with van der Waals surface area (Å²) in [4.78, 5) is 14.9. The zero-order valence-electron chi connectivity index (χ0n) is 11.7. The van der Waals surface area contributed by atoms with Crippen molar-refractivity contribution in [3.05, 3.63) is 65.5 Å². The number of aromatic nitrogens is 1. The third-order valence-corrected chi connectivity index (χ3v) is 3.49. The Morgan fingerprint density at radius 1 is 1.05 bits per heavy atom. The van der Waals surface area contributed by atoms with Crippen LogP contribution in [-0.4, -0.2) is 16.6 Å². The van der Waals surface area contributed by atoms with Crippen molar-refractivity contribution in [3.8, 4) is 0 Å². The van der Waals surface area contributed by atoms with E-state index in [2.05, 4.69) is 27.6 Å². The largest absolute Gasteiger partial charge is 0.362 e. The lowest BCUT2D eigenvalue weighted by molar-refractivity contribution is -0.116. The second-order valence-electron chi connectivity index (χ2n) is 5.02. The van der Waals surface area contributed by atoms with Crippen LogP contribution in [0.3, 0.4) is 0 Å². The molecule has 1 aliphatic heterocycles. The van der Waals surface area contributed by atoms with Crippen LogP contribution in [0.5, 0.6) is 0 Å². The normalized spacial score (nSPS) is 16.1. The minimum Gasteiger partial charge on any atom is -0.362 e. The van der Waals surface area contributed by atoms with Crippen molar-refractivity contribution in [1.82, 2.24) is 10.4 Å². The first-order valence-electron chi connectivity index (χ1n) is 7.09. The minimum absolute atomic E-state index is 0.126. The number of nitrogens with one attached hydrogen (secondary N) is 2. The van der Waals surface area contributed by atoms with Gasteiger partial charge >= 0.3 is 0 Å². The lowest BCUT2D eigenvalue weighted by Gasteiger charge is -2.02. The summed E-state index contributed by atoms with van der Waals surface area (Å²) in [7, 11) is 0. The number of H-pyrrole nitrogens is 1. The predicted octanol–water partition coefficient (Wildman–Crippen LogP) is 2.91. The zero-order chi connectivity index (χ0) is 14.5. The van der Waals surface area contributed by atoms with E-state index >= 15 is 0 Å². The maximum Gasteiger partial charge on any atom is 0.273 e. The molecule has 21 heavy (non-hydrogen) atoms. The number of aromatic amines is 1. The van der Waals surface area contributed by atoms with Gasteiger partial charge in [-0.25, -0.2) is 5.43 Å². The summed E-state index contributed by atoms with van der Waals surface area (Å²) in [5.74, 6) is -0.126. The number of amides is 1. The van der Waals surface area contributed by atoms with E-state index in [1.54, 1.807) is 0 Å². The van der Waals surface area contributed by atoms with Crippen LogP contribution in [0.2, 0.25) is 0 Å². The summed E-state index contributed by atoms with van der Waals surface area (Å²) in [5, 5.41) is 4.14. The first kappa shape index (κ1) is 13.4. The Bertz CT molecular complexity index is 669. The molecule has 0 radical (unpaired) electrons. The van der Waals surface area contributed by atoms with Crippen LogP contribution in [0.25, 0.3) is 6.08 Å². The lowest BCUT2D eigenvalue weighted by atomic mass is 10.0. The van der Waals surface area contributed by atoms with Gasteiger partial charge in [-0.15, -0.1) is 0 Å². The fourth-order valence-electron chi connectivity index (χ4n) is 2.40. The van der Waals surface area contributed by atoms with Crippen LogP contribution in [0.4, 0.5) is 0 Å². The van der Waals surface area contributed by atoms with E-state index in [0.29, 0.717) is 5.57 Å². The molecule has 0 bridgehead atoms. The predicted molar refractivity (Wildman–Crippen MR) is 83.7 cm³/mol. The van der Waals surface area contributed by atoms with E-state index in [4.69, 9.17) is 0 Å². The Balaban J connectivity index is 1.63. The molecule has 0 unspecified atom stereocenters. The first-order valence-corrected chi connectivity index (χ1v) is 7.09. The van der Waals surface area contributed by atoms with Crippen molar-refractivity contribution in [3.63, 3.8) is 0 Å². The van der Waals surface area contributed by atoms with Gasteiger partial charge in [0.25, 0.3) is 5.91 Å². The van der Waals surface area contributed by atoms with E-state index in [-0.39, 0.29) is 5.91 Å². The average molecular weight is 279 g/mol. The van der Waals surface area contributed by atoms with Gasteiger partial charge in [-0.2, -0.15) is 5.10 Å². The van der Waals surface area contributed by atoms with Crippen LogP contribution < -0.4 is 5.43 Å². The molecule has 0 spiro atoms. The van der Waals surface area contributed by atoms with Gasteiger partial charge in [-0.3, -0.25) is 4.79 Å². The van der Waals surface area contributed by atoms with E-state index in [1.807, 2.05) is 42.6 Å². The Labute approximate surface area is 123 Å². The fourth-order valence-corrected chi connectivity index (χ4v) is 2.40. The van der Waals surface area contributed by atoms with Crippen molar-refractivity contribution >= 4 is 17.7 Å². The van der Waals surface area contributed by atoms with Gasteiger partial charge in [0.2, 0.25) is 0 Å². The Morgan fingerprint density at radius 3 is 2.67 bits per heavy atom. The van der Waals surface area contributed by atoms with E-state index in [9.17, 15) is 4.79 Å². The maximum atomic E-state index is 11.8. The highest BCUT2D eigenvalue weighted by Crippen LogP contribution is 2.16.